The van der Waals surface area contributed by atoms with Crippen LogP contribution in [0.1, 0.15) is 46.6 Å². The third kappa shape index (κ3) is 4.78. The van der Waals surface area contributed by atoms with Gasteiger partial charge < -0.3 is 9.64 Å². The second-order valence-electron chi connectivity index (χ2n) is 8.87. The number of fused-ring (bicyclic) bond motifs is 1. The van der Waals surface area contributed by atoms with E-state index in [0.29, 0.717) is 28.6 Å². The second kappa shape index (κ2) is 10.0. The lowest BCUT2D eigenvalue weighted by Gasteiger charge is -2.22. The van der Waals surface area contributed by atoms with Crippen molar-refractivity contribution >= 4 is 16.8 Å². The largest absolute Gasteiger partial charge is 0.486 e. The molecule has 0 saturated carbocycles. The Morgan fingerprint density at radius 2 is 1.94 bits per heavy atom. The van der Waals surface area contributed by atoms with Crippen LogP contribution in [0.4, 0.5) is 0 Å². The molecule has 1 aliphatic rings. The van der Waals surface area contributed by atoms with Gasteiger partial charge in [0.05, 0.1) is 11.1 Å². The third-order valence-electron chi connectivity index (χ3n) is 6.59. The summed E-state index contributed by atoms with van der Waals surface area (Å²) in [5, 5.41) is 8.82. The molecule has 2 aromatic carbocycles. The number of amides is 1. The van der Waals surface area contributed by atoms with E-state index in [2.05, 4.69) is 39.6 Å². The molecule has 0 aliphatic carbocycles. The SMILES string of the molecule is Cc1nonc1COc1ccccc1C(=O)N1CCC[C@H](Cc2cccc3cccnc23)CC1. The second-order valence-corrected chi connectivity index (χ2v) is 8.87. The Morgan fingerprint density at radius 1 is 1.06 bits per heavy atom. The highest BCUT2D eigenvalue weighted by Crippen LogP contribution is 2.27. The van der Waals surface area contributed by atoms with Gasteiger partial charge in [-0.3, -0.25) is 9.78 Å². The smallest absolute Gasteiger partial charge is 0.257 e. The minimum absolute atomic E-state index is 0.0121. The maximum Gasteiger partial charge on any atom is 0.257 e. The normalized spacial score (nSPS) is 16.4. The van der Waals surface area contributed by atoms with Gasteiger partial charge in [-0.25, -0.2) is 4.63 Å². The molecule has 1 fully saturated rings. The van der Waals surface area contributed by atoms with E-state index in [1.807, 2.05) is 48.4 Å². The average Bonchev–Trinajstić information content (AvgIpc) is 3.14. The fraction of sp³-hybridized carbons (Fsp3) is 0.333. The number of ether oxygens (including phenoxy) is 1. The van der Waals surface area contributed by atoms with Crippen LogP contribution < -0.4 is 4.74 Å². The molecule has 7 heteroatoms. The van der Waals surface area contributed by atoms with Crippen LogP contribution in [0.25, 0.3) is 10.9 Å². The summed E-state index contributed by atoms with van der Waals surface area (Å²) in [6.07, 6.45) is 5.91. The molecule has 174 valence electrons. The number of hydrogen-bond acceptors (Lipinski definition) is 6. The Hall–Kier alpha value is -3.74. The number of aryl methyl sites for hydroxylation is 1. The number of nitrogens with zero attached hydrogens (tertiary/aromatic N) is 4. The molecule has 0 bridgehead atoms. The van der Waals surface area contributed by atoms with Gasteiger partial charge in [0.25, 0.3) is 5.91 Å². The summed E-state index contributed by atoms with van der Waals surface area (Å²) in [5.41, 5.74) is 4.27. The Balaban J connectivity index is 1.25. The summed E-state index contributed by atoms with van der Waals surface area (Å²) >= 11 is 0. The number of carbonyl (C=O) groups is 1. The molecule has 0 radical (unpaired) electrons. The summed E-state index contributed by atoms with van der Waals surface area (Å²) in [7, 11) is 0. The van der Waals surface area contributed by atoms with Crippen molar-refractivity contribution in [2.24, 2.45) is 5.92 Å². The highest BCUT2D eigenvalue weighted by Gasteiger charge is 2.24. The summed E-state index contributed by atoms with van der Waals surface area (Å²) in [5.74, 6) is 1.09. The van der Waals surface area contributed by atoms with Crippen molar-refractivity contribution in [3.63, 3.8) is 0 Å². The van der Waals surface area contributed by atoms with Gasteiger partial charge in [0, 0.05) is 24.7 Å². The van der Waals surface area contributed by atoms with Crippen LogP contribution in [0.2, 0.25) is 0 Å². The average molecular weight is 457 g/mol. The summed E-state index contributed by atoms with van der Waals surface area (Å²) in [4.78, 5) is 20.0. The van der Waals surface area contributed by atoms with Crippen LogP contribution >= 0.6 is 0 Å². The van der Waals surface area contributed by atoms with Crippen molar-refractivity contribution in [2.75, 3.05) is 13.1 Å². The zero-order valence-electron chi connectivity index (χ0n) is 19.3. The molecule has 4 aromatic rings. The van der Waals surface area contributed by atoms with Crippen LogP contribution in [-0.2, 0) is 13.0 Å². The quantitative estimate of drug-likeness (QED) is 0.407. The van der Waals surface area contributed by atoms with Crippen LogP contribution in [0.5, 0.6) is 5.75 Å². The molecule has 34 heavy (non-hydrogen) atoms. The lowest BCUT2D eigenvalue weighted by molar-refractivity contribution is 0.0755. The van der Waals surface area contributed by atoms with Crippen LogP contribution in [0, 0.1) is 12.8 Å². The van der Waals surface area contributed by atoms with E-state index in [0.717, 1.165) is 44.3 Å². The van der Waals surface area contributed by atoms with Crippen molar-refractivity contribution in [1.29, 1.82) is 0 Å². The third-order valence-corrected chi connectivity index (χ3v) is 6.59. The molecule has 1 amide bonds. The van der Waals surface area contributed by atoms with Gasteiger partial charge in [-0.05, 0) is 62.3 Å². The van der Waals surface area contributed by atoms with E-state index >= 15 is 0 Å². The number of benzene rings is 2. The fourth-order valence-corrected chi connectivity index (χ4v) is 4.68. The molecule has 3 heterocycles. The standard InChI is InChI=1S/C27H28N4O3/c1-19-24(30-34-29-19)18-33-25-12-3-2-11-23(25)27(32)31-15-6-7-20(13-16-31)17-22-9-4-8-21-10-5-14-28-26(21)22/h2-5,8-12,14,20H,6-7,13,15-18H2,1H3/t20-/m0/s1. The first-order valence-electron chi connectivity index (χ1n) is 11.8. The van der Waals surface area contributed by atoms with Gasteiger partial charge in [0.2, 0.25) is 0 Å². The number of carbonyl (C=O) groups excluding carboxylic acids is 1. The first-order chi connectivity index (χ1) is 16.7. The van der Waals surface area contributed by atoms with Gasteiger partial charge in [0.1, 0.15) is 23.7 Å². The fourth-order valence-electron chi connectivity index (χ4n) is 4.68. The molecular formula is C27H28N4O3. The van der Waals surface area contributed by atoms with Crippen molar-refractivity contribution in [3.05, 3.63) is 83.3 Å². The van der Waals surface area contributed by atoms with Crippen molar-refractivity contribution < 1.29 is 14.2 Å². The lowest BCUT2D eigenvalue weighted by atomic mass is 9.91. The maximum atomic E-state index is 13.4. The Labute approximate surface area is 198 Å². The van der Waals surface area contributed by atoms with Crippen LogP contribution in [0.15, 0.2) is 65.4 Å². The highest BCUT2D eigenvalue weighted by molar-refractivity contribution is 5.97. The van der Waals surface area contributed by atoms with Gasteiger partial charge in [0.15, 0.2) is 0 Å². The van der Waals surface area contributed by atoms with E-state index in [-0.39, 0.29) is 12.5 Å². The Morgan fingerprint density at radius 3 is 2.82 bits per heavy atom. The van der Waals surface area contributed by atoms with Crippen molar-refractivity contribution in [1.82, 2.24) is 20.2 Å². The molecule has 0 N–H and O–H groups in total. The summed E-state index contributed by atoms with van der Waals surface area (Å²) in [6.45, 7) is 3.51. The Bertz CT molecular complexity index is 1280. The predicted octanol–water partition coefficient (Wildman–Crippen LogP) is 4.99. The van der Waals surface area contributed by atoms with E-state index in [1.165, 1.54) is 10.9 Å². The van der Waals surface area contributed by atoms with E-state index in [1.54, 1.807) is 0 Å². The molecule has 1 saturated heterocycles. The zero-order chi connectivity index (χ0) is 23.3. The number of para-hydroxylation sites is 2. The molecule has 7 nitrogen and oxygen atoms in total. The lowest BCUT2D eigenvalue weighted by Crippen LogP contribution is -2.32. The summed E-state index contributed by atoms with van der Waals surface area (Å²) < 4.78 is 10.7. The first kappa shape index (κ1) is 22.1. The molecule has 1 aliphatic heterocycles. The predicted molar refractivity (Wildman–Crippen MR) is 129 cm³/mol. The molecule has 0 spiro atoms. The van der Waals surface area contributed by atoms with Crippen LogP contribution in [0.3, 0.4) is 0 Å². The highest BCUT2D eigenvalue weighted by atomic mass is 16.6. The van der Waals surface area contributed by atoms with Crippen molar-refractivity contribution in [2.45, 2.75) is 39.2 Å². The van der Waals surface area contributed by atoms with Gasteiger partial charge in [-0.1, -0.05) is 46.7 Å². The maximum absolute atomic E-state index is 13.4. The topological polar surface area (TPSA) is 81.3 Å². The van der Waals surface area contributed by atoms with E-state index in [9.17, 15) is 4.79 Å². The molecule has 5 rings (SSSR count). The summed E-state index contributed by atoms with van der Waals surface area (Å²) in [6, 6.07) is 17.9. The number of rotatable bonds is 6. The van der Waals surface area contributed by atoms with Crippen molar-refractivity contribution in [3.8, 4) is 5.75 Å². The number of aromatic nitrogens is 3. The molecule has 0 unspecified atom stereocenters. The molecule has 1 atom stereocenters. The van der Waals surface area contributed by atoms with Gasteiger partial charge in [-0.15, -0.1) is 0 Å². The minimum atomic E-state index is 0.0121. The van der Waals surface area contributed by atoms with Gasteiger partial charge >= 0.3 is 0 Å². The zero-order valence-corrected chi connectivity index (χ0v) is 19.3. The van der Waals surface area contributed by atoms with E-state index in [4.69, 9.17) is 9.37 Å². The number of likely N-dealkylation sites (tertiary alicyclic amines) is 1. The number of hydrogen-bond donors (Lipinski definition) is 0. The minimum Gasteiger partial charge on any atom is -0.486 e. The monoisotopic (exact) mass is 456 g/mol. The number of pyridine rings is 1. The van der Waals surface area contributed by atoms with E-state index < -0.39 is 0 Å². The first-order valence-corrected chi connectivity index (χ1v) is 11.8. The Kier molecular flexibility index (Phi) is 6.51. The van der Waals surface area contributed by atoms with Crippen LogP contribution in [-0.4, -0.2) is 39.2 Å². The molecular weight excluding hydrogens is 428 g/mol. The van der Waals surface area contributed by atoms with Gasteiger partial charge in [-0.2, -0.15) is 0 Å². The molecule has 2 aromatic heterocycles.